The van der Waals surface area contributed by atoms with Crippen LogP contribution in [0.3, 0.4) is 0 Å². The van der Waals surface area contributed by atoms with Gasteiger partial charge >= 0.3 is 0 Å². The van der Waals surface area contributed by atoms with E-state index in [0.717, 1.165) is 34.9 Å². The van der Waals surface area contributed by atoms with Crippen molar-refractivity contribution in [3.05, 3.63) is 35.1 Å². The maximum Gasteiger partial charge on any atom is 0.290 e. The molecule has 0 unspecified atom stereocenters. The van der Waals surface area contributed by atoms with E-state index >= 15 is 0 Å². The molecule has 0 saturated carbocycles. The minimum absolute atomic E-state index is 0.00986. The van der Waals surface area contributed by atoms with Crippen molar-refractivity contribution in [1.29, 1.82) is 0 Å². The van der Waals surface area contributed by atoms with E-state index in [1.807, 2.05) is 36.9 Å². The molecule has 2 bridgehead atoms. The number of fused-ring (bicyclic) bond motifs is 3. The van der Waals surface area contributed by atoms with Gasteiger partial charge in [-0.2, -0.15) is 0 Å². The highest BCUT2D eigenvalue weighted by molar-refractivity contribution is 5.99. The molecular formula is C18H20N2O3. The van der Waals surface area contributed by atoms with Gasteiger partial charge in [-0.25, -0.2) is 0 Å². The first-order chi connectivity index (χ1) is 11.0. The molecule has 5 heteroatoms. The predicted molar refractivity (Wildman–Crippen MR) is 86.3 cm³/mol. The zero-order chi connectivity index (χ0) is 16.1. The van der Waals surface area contributed by atoms with Crippen LogP contribution in [-0.4, -0.2) is 35.3 Å². The van der Waals surface area contributed by atoms with Gasteiger partial charge in [0.1, 0.15) is 5.58 Å². The van der Waals surface area contributed by atoms with Crippen LogP contribution in [0.5, 0.6) is 0 Å². The van der Waals surface area contributed by atoms with Crippen molar-refractivity contribution in [3.63, 3.8) is 0 Å². The zero-order valence-corrected chi connectivity index (χ0v) is 13.4. The van der Waals surface area contributed by atoms with Crippen LogP contribution >= 0.6 is 0 Å². The number of rotatable bonds is 1. The monoisotopic (exact) mass is 312 g/mol. The average molecular weight is 312 g/mol. The Labute approximate surface area is 134 Å². The third-order valence-corrected chi connectivity index (χ3v) is 5.10. The minimum Gasteiger partial charge on any atom is -0.451 e. The van der Waals surface area contributed by atoms with Gasteiger partial charge in [-0.15, -0.1) is 0 Å². The molecular weight excluding hydrogens is 292 g/mol. The largest absolute Gasteiger partial charge is 0.451 e. The SMILES string of the molecule is Cc1ccc2c(C)c(C(=O)N3[C@@H]4CC[C@H]3CNC(=O)C4)oc2c1. The maximum atomic E-state index is 13.1. The molecule has 4 rings (SSSR count). The molecule has 120 valence electrons. The summed E-state index contributed by atoms with van der Waals surface area (Å²) in [6.07, 6.45) is 2.22. The summed E-state index contributed by atoms with van der Waals surface area (Å²) in [5.41, 5.74) is 2.74. The van der Waals surface area contributed by atoms with Crippen molar-refractivity contribution >= 4 is 22.8 Å². The fourth-order valence-corrected chi connectivity index (χ4v) is 3.87. The van der Waals surface area contributed by atoms with E-state index in [4.69, 9.17) is 4.42 Å². The lowest BCUT2D eigenvalue weighted by molar-refractivity contribution is -0.121. The number of furan rings is 1. The summed E-state index contributed by atoms with van der Waals surface area (Å²) in [5.74, 6) is 0.365. The summed E-state index contributed by atoms with van der Waals surface area (Å²) >= 11 is 0. The number of hydrogen-bond acceptors (Lipinski definition) is 3. The first-order valence-corrected chi connectivity index (χ1v) is 8.13. The van der Waals surface area contributed by atoms with E-state index in [1.165, 1.54) is 0 Å². The van der Waals surface area contributed by atoms with Crippen molar-refractivity contribution in [2.24, 2.45) is 0 Å². The van der Waals surface area contributed by atoms with E-state index in [0.29, 0.717) is 18.7 Å². The molecule has 0 spiro atoms. The molecule has 2 aromatic rings. The molecule has 2 amide bonds. The second kappa shape index (κ2) is 5.11. The molecule has 1 aromatic carbocycles. The van der Waals surface area contributed by atoms with Crippen LogP contribution in [0.1, 0.15) is 40.9 Å². The summed E-state index contributed by atoms with van der Waals surface area (Å²) in [6, 6.07) is 6.05. The predicted octanol–water partition coefficient (Wildman–Crippen LogP) is 2.54. The summed E-state index contributed by atoms with van der Waals surface area (Å²) in [7, 11) is 0. The summed E-state index contributed by atoms with van der Waals surface area (Å²) < 4.78 is 5.89. The molecule has 3 heterocycles. The second-order valence-corrected chi connectivity index (χ2v) is 6.66. The smallest absolute Gasteiger partial charge is 0.290 e. The number of aryl methyl sites for hydroxylation is 2. The number of nitrogens with one attached hydrogen (secondary N) is 1. The number of benzene rings is 1. The van der Waals surface area contributed by atoms with Crippen molar-refractivity contribution in [2.45, 2.75) is 45.2 Å². The van der Waals surface area contributed by atoms with Crippen molar-refractivity contribution in [3.8, 4) is 0 Å². The number of nitrogens with zero attached hydrogens (tertiary/aromatic N) is 1. The fourth-order valence-electron chi connectivity index (χ4n) is 3.87. The highest BCUT2D eigenvalue weighted by Crippen LogP contribution is 2.33. The highest BCUT2D eigenvalue weighted by atomic mass is 16.3. The molecule has 1 aromatic heterocycles. The Bertz CT molecular complexity index is 808. The summed E-state index contributed by atoms with van der Waals surface area (Å²) in [5, 5.41) is 3.88. The normalized spacial score (nSPS) is 23.9. The molecule has 0 radical (unpaired) electrons. The van der Waals surface area contributed by atoms with Crippen LogP contribution in [0.15, 0.2) is 22.6 Å². The highest BCUT2D eigenvalue weighted by Gasteiger charge is 2.42. The zero-order valence-electron chi connectivity index (χ0n) is 13.4. The van der Waals surface area contributed by atoms with Crippen LogP contribution < -0.4 is 5.32 Å². The van der Waals surface area contributed by atoms with Gasteiger partial charge in [-0.1, -0.05) is 12.1 Å². The van der Waals surface area contributed by atoms with Crippen LogP contribution in [-0.2, 0) is 4.79 Å². The quantitative estimate of drug-likeness (QED) is 0.880. The van der Waals surface area contributed by atoms with Gasteiger partial charge in [-0.3, -0.25) is 9.59 Å². The summed E-state index contributed by atoms with van der Waals surface area (Å²) in [4.78, 5) is 26.7. The maximum absolute atomic E-state index is 13.1. The first-order valence-electron chi connectivity index (χ1n) is 8.13. The van der Waals surface area contributed by atoms with Crippen LogP contribution in [0.4, 0.5) is 0 Å². The Hall–Kier alpha value is -2.30. The topological polar surface area (TPSA) is 62.6 Å². The molecule has 2 aliphatic rings. The molecule has 2 fully saturated rings. The molecule has 2 saturated heterocycles. The number of hydrogen-bond donors (Lipinski definition) is 1. The van der Waals surface area contributed by atoms with Gasteiger partial charge in [0.25, 0.3) is 5.91 Å². The molecule has 1 N–H and O–H groups in total. The molecule has 0 aliphatic carbocycles. The van der Waals surface area contributed by atoms with E-state index in [1.54, 1.807) is 0 Å². The third kappa shape index (κ3) is 2.22. The third-order valence-electron chi connectivity index (χ3n) is 5.10. The minimum atomic E-state index is -0.0830. The van der Waals surface area contributed by atoms with Crippen molar-refractivity contribution in [2.75, 3.05) is 6.54 Å². The van der Waals surface area contributed by atoms with Gasteiger partial charge < -0.3 is 14.6 Å². The summed E-state index contributed by atoms with van der Waals surface area (Å²) in [6.45, 7) is 4.47. The number of amides is 2. The standard InChI is InChI=1S/C18H20N2O3/c1-10-3-6-14-11(2)17(23-15(14)7-10)18(22)20-12-4-5-13(20)9-19-16(21)8-12/h3,6-7,12-13H,4-5,8-9H2,1-2H3,(H,19,21)/t12-,13+/m1/s1. The van der Waals surface area contributed by atoms with Crippen molar-refractivity contribution < 1.29 is 14.0 Å². The Morgan fingerprint density at radius 1 is 1.26 bits per heavy atom. The Morgan fingerprint density at radius 3 is 2.87 bits per heavy atom. The van der Waals surface area contributed by atoms with Crippen LogP contribution in [0.2, 0.25) is 0 Å². The first kappa shape index (κ1) is 14.3. The van der Waals surface area contributed by atoms with Gasteiger partial charge in [0.2, 0.25) is 5.91 Å². The van der Waals surface area contributed by atoms with E-state index in [2.05, 4.69) is 5.32 Å². The van der Waals surface area contributed by atoms with E-state index in [-0.39, 0.29) is 23.9 Å². The van der Waals surface area contributed by atoms with Gasteiger partial charge in [0, 0.05) is 36.0 Å². The van der Waals surface area contributed by atoms with E-state index < -0.39 is 0 Å². The Morgan fingerprint density at radius 2 is 2.04 bits per heavy atom. The second-order valence-electron chi connectivity index (χ2n) is 6.66. The number of carbonyl (C=O) groups is 2. The van der Waals surface area contributed by atoms with Gasteiger partial charge in [0.15, 0.2) is 5.76 Å². The van der Waals surface area contributed by atoms with Crippen LogP contribution in [0, 0.1) is 13.8 Å². The number of carbonyl (C=O) groups excluding carboxylic acids is 2. The molecule has 2 aliphatic heterocycles. The molecule has 2 atom stereocenters. The molecule has 23 heavy (non-hydrogen) atoms. The Balaban J connectivity index is 1.74. The lowest BCUT2D eigenvalue weighted by Gasteiger charge is -2.26. The Kier molecular flexibility index (Phi) is 3.18. The average Bonchev–Trinajstić information content (AvgIpc) is 2.99. The lowest BCUT2D eigenvalue weighted by atomic mass is 10.1. The van der Waals surface area contributed by atoms with E-state index in [9.17, 15) is 9.59 Å². The van der Waals surface area contributed by atoms with Gasteiger partial charge in [-0.05, 0) is 38.3 Å². The lowest BCUT2D eigenvalue weighted by Crippen LogP contribution is -2.42. The molecule has 5 nitrogen and oxygen atoms in total. The van der Waals surface area contributed by atoms with Crippen molar-refractivity contribution in [1.82, 2.24) is 10.2 Å². The van der Waals surface area contributed by atoms with Crippen LogP contribution in [0.25, 0.3) is 11.0 Å². The fraction of sp³-hybridized carbons (Fsp3) is 0.444. The van der Waals surface area contributed by atoms with Gasteiger partial charge in [0.05, 0.1) is 0 Å².